The van der Waals surface area contributed by atoms with Crippen molar-refractivity contribution in [2.45, 2.75) is 118 Å². The van der Waals surface area contributed by atoms with Gasteiger partial charge in [0.25, 0.3) is 0 Å². The number of amides is 2. The molecule has 20 heteroatoms. The van der Waals surface area contributed by atoms with E-state index in [1.165, 1.54) is 0 Å². The van der Waals surface area contributed by atoms with E-state index in [2.05, 4.69) is 10.6 Å². The van der Waals surface area contributed by atoms with Crippen LogP contribution in [-0.4, -0.2) is 160 Å². The Bertz CT molecular complexity index is 1670. The monoisotopic (exact) mass is 970 g/mol. The fourth-order valence-electron chi connectivity index (χ4n) is 7.43. The van der Waals surface area contributed by atoms with Gasteiger partial charge in [0.1, 0.15) is 36.9 Å². The van der Waals surface area contributed by atoms with Gasteiger partial charge in [0, 0.05) is 102 Å². The van der Waals surface area contributed by atoms with Crippen LogP contribution in [0.15, 0.2) is 24.3 Å². The van der Waals surface area contributed by atoms with Gasteiger partial charge in [-0.15, -0.1) is 0 Å². The highest BCUT2D eigenvalue weighted by Gasteiger charge is 2.41. The molecule has 4 atom stereocenters. The summed E-state index contributed by atoms with van der Waals surface area (Å²) < 4.78 is 83.5. The van der Waals surface area contributed by atoms with Crippen LogP contribution in [-0.2, 0) is 67.8 Å². The second kappa shape index (κ2) is 30.4. The molecule has 4 unspecified atom stereocenters. The van der Waals surface area contributed by atoms with Crippen molar-refractivity contribution in [2.75, 3.05) is 106 Å². The Kier molecular flexibility index (Phi) is 25.5. The summed E-state index contributed by atoms with van der Waals surface area (Å²) in [4.78, 5) is 26.4. The third-order valence-electron chi connectivity index (χ3n) is 10.4. The maximum atomic E-state index is 13.2. The largest absolute Gasteiger partial charge is 0.500 e. The first-order valence-electron chi connectivity index (χ1n) is 24.0. The minimum Gasteiger partial charge on any atom is -0.490 e. The van der Waals surface area contributed by atoms with Gasteiger partial charge in [0.05, 0.1) is 32.5 Å². The predicted molar refractivity (Wildman–Crippen MR) is 251 cm³/mol. The van der Waals surface area contributed by atoms with Crippen molar-refractivity contribution in [3.05, 3.63) is 35.4 Å². The highest BCUT2D eigenvalue weighted by molar-refractivity contribution is 6.61. The van der Waals surface area contributed by atoms with Crippen LogP contribution in [0.1, 0.15) is 79.4 Å². The zero-order chi connectivity index (χ0) is 47.6. The van der Waals surface area contributed by atoms with Crippen molar-refractivity contribution in [3.8, 4) is 11.5 Å². The van der Waals surface area contributed by atoms with Crippen LogP contribution >= 0.6 is 0 Å². The van der Waals surface area contributed by atoms with E-state index in [9.17, 15) is 9.59 Å². The van der Waals surface area contributed by atoms with Gasteiger partial charge >= 0.3 is 29.8 Å². The number of hydrogen-bond donors (Lipinski definition) is 2. The molecule has 2 N–H and O–H groups in total. The highest BCUT2D eigenvalue weighted by atomic mass is 28.4. The van der Waals surface area contributed by atoms with E-state index < -0.39 is 42.0 Å². The van der Waals surface area contributed by atoms with Crippen LogP contribution in [0.3, 0.4) is 0 Å². The normalized spacial score (nSPS) is 16.7. The van der Waals surface area contributed by atoms with Gasteiger partial charge in [-0.3, -0.25) is 0 Å². The summed E-state index contributed by atoms with van der Waals surface area (Å²) in [6, 6.07) is 9.12. The van der Waals surface area contributed by atoms with Crippen molar-refractivity contribution in [2.24, 2.45) is 0 Å². The highest BCUT2D eigenvalue weighted by Crippen LogP contribution is 2.40. The average Bonchev–Trinajstić information content (AvgIpc) is 4.25. The van der Waals surface area contributed by atoms with Gasteiger partial charge in [0.2, 0.25) is 0 Å². The lowest BCUT2D eigenvalue weighted by atomic mass is 9.97. The van der Waals surface area contributed by atoms with Crippen LogP contribution in [0.5, 0.6) is 11.5 Å². The first-order valence-corrected chi connectivity index (χ1v) is 27.9. The minimum atomic E-state index is -2.85. The minimum absolute atomic E-state index is 0.0161. The lowest BCUT2D eigenvalue weighted by molar-refractivity contribution is 0.00172. The molecule has 2 heterocycles. The molecule has 4 rings (SSSR count). The number of fused-ring (bicyclic) bond motifs is 1. The summed E-state index contributed by atoms with van der Waals surface area (Å²) >= 11 is 0. The Labute approximate surface area is 394 Å². The molecule has 0 aromatic heterocycles. The molecule has 2 aliphatic rings. The molecule has 0 bridgehead atoms. The van der Waals surface area contributed by atoms with E-state index in [4.69, 9.17) is 64.5 Å². The Morgan fingerprint density at radius 2 is 1.02 bits per heavy atom. The van der Waals surface area contributed by atoms with Gasteiger partial charge in [0.15, 0.2) is 6.10 Å². The molecular weight excluding hydrogens is 893 g/mol. The number of hydrogen-bond acceptors (Lipinski definition) is 16. The third kappa shape index (κ3) is 19.1. The summed E-state index contributed by atoms with van der Waals surface area (Å²) in [7, 11) is -5.70. The van der Waals surface area contributed by atoms with Crippen LogP contribution in [0.4, 0.5) is 9.59 Å². The summed E-state index contributed by atoms with van der Waals surface area (Å²) in [6.07, 6.45) is -0.291. The average molecular weight is 971 g/mol. The first-order chi connectivity index (χ1) is 32.1. The van der Waals surface area contributed by atoms with Crippen molar-refractivity contribution < 1.29 is 74.0 Å². The van der Waals surface area contributed by atoms with Gasteiger partial charge in [-0.2, -0.15) is 0 Å². The molecule has 0 saturated carbocycles. The maximum absolute atomic E-state index is 13.2. The van der Waals surface area contributed by atoms with Crippen LogP contribution in [0.2, 0.25) is 12.1 Å². The molecular formula is C46H78N2O16Si2. The Balaban J connectivity index is 1.50. The zero-order valence-electron chi connectivity index (χ0n) is 40.7. The van der Waals surface area contributed by atoms with Gasteiger partial charge in [-0.05, 0) is 79.4 Å². The van der Waals surface area contributed by atoms with E-state index in [0.717, 1.165) is 21.9 Å². The number of alkyl carbamates (subject to hydrolysis) is 2. The Hall–Kier alpha value is -3.13. The molecule has 0 spiro atoms. The zero-order valence-corrected chi connectivity index (χ0v) is 42.7. The fraction of sp³-hybridized carbons (Fsp3) is 0.739. The third-order valence-corrected chi connectivity index (χ3v) is 16.7. The molecule has 66 heavy (non-hydrogen) atoms. The first kappa shape index (κ1) is 55.5. The van der Waals surface area contributed by atoms with E-state index in [-0.39, 0.29) is 32.0 Å². The van der Waals surface area contributed by atoms with Gasteiger partial charge in [-0.25, -0.2) is 9.59 Å². The number of benzene rings is 2. The number of ether oxygens (including phenoxy) is 8. The van der Waals surface area contributed by atoms with E-state index in [1.807, 2.05) is 79.7 Å². The number of epoxide rings is 2. The summed E-state index contributed by atoms with van der Waals surface area (Å²) in [5.74, 6) is 1.26. The molecule has 2 amide bonds. The lowest BCUT2D eigenvalue weighted by Gasteiger charge is -2.28. The van der Waals surface area contributed by atoms with Crippen molar-refractivity contribution in [1.29, 1.82) is 0 Å². The SMILES string of the molecule is CCOCC(COc1c(CC2CO2)ccc2c(OCC3CO3)c(CC(COCC)OC(=O)NCCC[Si](OCC)(OCC)OCC)ccc12)OC(=O)NCCC[Si](OCC)(OCC)OCC. The number of carbonyl (C=O) groups is 2. The van der Waals surface area contributed by atoms with E-state index in [0.29, 0.717) is 135 Å². The van der Waals surface area contributed by atoms with E-state index in [1.54, 1.807) is 0 Å². The van der Waals surface area contributed by atoms with Gasteiger partial charge in [-0.1, -0.05) is 24.3 Å². The number of carbonyl (C=O) groups excluding carboxylic acids is 2. The molecule has 0 aliphatic carbocycles. The van der Waals surface area contributed by atoms with E-state index >= 15 is 0 Å². The number of nitrogens with one attached hydrogen (secondary N) is 2. The molecule has 376 valence electrons. The quantitative estimate of drug-likeness (QED) is 0.0414. The predicted octanol–water partition coefficient (Wildman–Crippen LogP) is 6.62. The molecule has 0 radical (unpaired) electrons. The summed E-state index contributed by atoms with van der Waals surface area (Å²) in [6.45, 7) is 21.7. The second-order valence-electron chi connectivity index (χ2n) is 15.5. The molecule has 2 aromatic carbocycles. The molecule has 2 saturated heterocycles. The lowest BCUT2D eigenvalue weighted by Crippen LogP contribution is -2.46. The maximum Gasteiger partial charge on any atom is 0.500 e. The van der Waals surface area contributed by atoms with Crippen molar-refractivity contribution in [1.82, 2.24) is 10.6 Å². The van der Waals surface area contributed by atoms with Crippen LogP contribution in [0.25, 0.3) is 10.8 Å². The molecule has 2 aliphatic heterocycles. The van der Waals surface area contributed by atoms with Crippen molar-refractivity contribution in [3.63, 3.8) is 0 Å². The molecule has 2 fully saturated rings. The van der Waals surface area contributed by atoms with Gasteiger partial charge < -0.3 is 75.1 Å². The van der Waals surface area contributed by atoms with Crippen molar-refractivity contribution >= 4 is 40.6 Å². The molecule has 18 nitrogen and oxygen atoms in total. The Morgan fingerprint density at radius 1 is 0.576 bits per heavy atom. The summed E-state index contributed by atoms with van der Waals surface area (Å²) in [5, 5.41) is 7.35. The number of rotatable bonds is 38. The smallest absolute Gasteiger partial charge is 0.490 e. The topological polar surface area (TPSA) is 194 Å². The van der Waals surface area contributed by atoms with Crippen LogP contribution in [0, 0.1) is 0 Å². The standard InChI is InChI=1S/C46H78N2O16Si2/c1-9-51-29-38(63-45(49)47-23-17-25-65(57-11-3,58-12-4)59-13-5)28-36-20-22-41-42(44(36)55-33-39-32-54-39)21-19-35(27-37-31-53-37)43(41)56-34-40(30-52-10-2)64-46(50)48-24-18-26-66(60-14-6,61-15-7)62-16-8/h19-22,37-40H,9-18,23-34H2,1-8H3,(H,47,49)(H,48,50). The van der Waals surface area contributed by atoms with Crippen LogP contribution < -0.4 is 20.1 Å². The molecule has 2 aromatic rings. The second-order valence-corrected chi connectivity index (χ2v) is 21.0. The fourth-order valence-corrected chi connectivity index (χ4v) is 12.6. The summed E-state index contributed by atoms with van der Waals surface area (Å²) in [5.41, 5.74) is 1.76. The Morgan fingerprint density at radius 3 is 1.47 bits per heavy atom.